The first-order valence-corrected chi connectivity index (χ1v) is 9.76. The number of Topliss-reactive ketones (excluding diaryl/α,β-unsaturated/α-hetero) is 1. The quantitative estimate of drug-likeness (QED) is 0.627. The molecule has 2 N–H and O–H groups in total. The number of pyridine rings is 1. The Labute approximate surface area is 158 Å². The number of nitrogens with one attached hydrogen (secondary N) is 2. The summed E-state index contributed by atoms with van der Waals surface area (Å²) in [6.07, 6.45) is 1.45. The summed E-state index contributed by atoms with van der Waals surface area (Å²) in [7, 11) is -3.67. The summed E-state index contributed by atoms with van der Waals surface area (Å²) in [5, 5.41) is 3.10. The maximum atomic E-state index is 12.5. The predicted octanol–water partition coefficient (Wildman–Crippen LogP) is 4.14. The molecule has 27 heavy (non-hydrogen) atoms. The van der Waals surface area contributed by atoms with Crippen LogP contribution < -0.4 is 10.0 Å². The molecule has 0 bridgehead atoms. The zero-order chi connectivity index (χ0) is 19.4. The van der Waals surface area contributed by atoms with Crippen LogP contribution in [0.3, 0.4) is 0 Å². The molecule has 0 radical (unpaired) electrons. The maximum absolute atomic E-state index is 12.5. The monoisotopic (exact) mass is 381 g/mol. The predicted molar refractivity (Wildman–Crippen MR) is 106 cm³/mol. The number of ketones is 1. The Balaban J connectivity index is 1.72. The van der Waals surface area contributed by atoms with Gasteiger partial charge in [0.25, 0.3) is 10.0 Å². The van der Waals surface area contributed by atoms with Crippen LogP contribution in [0.25, 0.3) is 0 Å². The summed E-state index contributed by atoms with van der Waals surface area (Å²) in [5.41, 5.74) is 2.45. The normalized spacial score (nSPS) is 11.0. The highest BCUT2D eigenvalue weighted by atomic mass is 32.2. The fourth-order valence-electron chi connectivity index (χ4n) is 2.53. The molecule has 0 saturated heterocycles. The number of sulfonamides is 1. The molecular weight excluding hydrogens is 362 g/mol. The van der Waals surface area contributed by atoms with Crippen LogP contribution in [-0.4, -0.2) is 19.2 Å². The Morgan fingerprint density at radius 2 is 1.59 bits per heavy atom. The largest absolute Gasteiger partial charge is 0.340 e. The number of rotatable bonds is 6. The summed E-state index contributed by atoms with van der Waals surface area (Å²) >= 11 is 0. The van der Waals surface area contributed by atoms with E-state index in [-0.39, 0.29) is 10.7 Å². The number of benzene rings is 2. The molecule has 0 atom stereocenters. The van der Waals surface area contributed by atoms with E-state index in [2.05, 4.69) is 15.0 Å². The molecule has 0 aliphatic rings. The number of carbonyl (C=O) groups excluding carboxylic acids is 1. The van der Waals surface area contributed by atoms with Crippen LogP contribution >= 0.6 is 0 Å². The van der Waals surface area contributed by atoms with Gasteiger partial charge in [0.15, 0.2) is 5.78 Å². The summed E-state index contributed by atoms with van der Waals surface area (Å²) in [4.78, 5) is 15.8. The number of hydrogen-bond donors (Lipinski definition) is 2. The summed E-state index contributed by atoms with van der Waals surface area (Å²) in [6.45, 7) is 3.26. The van der Waals surface area contributed by atoms with E-state index in [0.717, 1.165) is 5.69 Å². The van der Waals surface area contributed by atoms with E-state index in [1.54, 1.807) is 67.6 Å². The molecule has 3 rings (SSSR count). The van der Waals surface area contributed by atoms with Gasteiger partial charge in [-0.25, -0.2) is 13.4 Å². The van der Waals surface area contributed by atoms with Gasteiger partial charge in [0, 0.05) is 11.3 Å². The second-order valence-corrected chi connectivity index (χ2v) is 7.71. The average molecular weight is 381 g/mol. The summed E-state index contributed by atoms with van der Waals surface area (Å²) < 4.78 is 27.5. The van der Waals surface area contributed by atoms with E-state index < -0.39 is 10.0 Å². The third kappa shape index (κ3) is 4.51. The molecule has 0 spiro atoms. The van der Waals surface area contributed by atoms with Crippen molar-refractivity contribution in [3.8, 4) is 0 Å². The molecule has 0 aliphatic carbocycles. The minimum absolute atomic E-state index is 0.00460. The summed E-state index contributed by atoms with van der Waals surface area (Å²) in [5.74, 6) is 0.564. The second-order valence-electron chi connectivity index (χ2n) is 6.06. The van der Waals surface area contributed by atoms with Crippen molar-refractivity contribution in [2.24, 2.45) is 0 Å². The first-order chi connectivity index (χ1) is 12.8. The van der Waals surface area contributed by atoms with Gasteiger partial charge in [-0.05, 0) is 61.9 Å². The van der Waals surface area contributed by atoms with Crippen LogP contribution in [0.2, 0.25) is 0 Å². The highest BCUT2D eigenvalue weighted by Gasteiger charge is 2.16. The van der Waals surface area contributed by atoms with Crippen molar-refractivity contribution in [3.63, 3.8) is 0 Å². The van der Waals surface area contributed by atoms with Crippen LogP contribution in [0, 0.1) is 6.92 Å². The van der Waals surface area contributed by atoms with E-state index in [4.69, 9.17) is 0 Å². The number of aromatic nitrogens is 1. The lowest BCUT2D eigenvalue weighted by molar-refractivity contribution is 0.101. The lowest BCUT2D eigenvalue weighted by Crippen LogP contribution is -2.14. The van der Waals surface area contributed by atoms with Crippen LogP contribution in [0.1, 0.15) is 22.8 Å². The Bertz CT molecular complexity index is 1060. The molecule has 6 nitrogen and oxygen atoms in total. The number of hydrogen-bond acceptors (Lipinski definition) is 5. The Kier molecular flexibility index (Phi) is 5.23. The molecule has 0 amide bonds. The van der Waals surface area contributed by atoms with Crippen molar-refractivity contribution in [3.05, 3.63) is 78.0 Å². The van der Waals surface area contributed by atoms with Gasteiger partial charge in [0.1, 0.15) is 5.82 Å². The van der Waals surface area contributed by atoms with Crippen molar-refractivity contribution >= 4 is 33.0 Å². The molecule has 0 aliphatic heterocycles. The SMILES string of the molecule is CC(=O)c1ccc(Nc2ccc(NS(=O)(=O)c3ccccc3C)cn2)cc1. The zero-order valence-electron chi connectivity index (χ0n) is 14.9. The summed E-state index contributed by atoms with van der Waals surface area (Å²) in [6, 6.07) is 17.1. The lowest BCUT2D eigenvalue weighted by Gasteiger charge is -2.11. The maximum Gasteiger partial charge on any atom is 0.262 e. The van der Waals surface area contributed by atoms with E-state index in [0.29, 0.717) is 22.6 Å². The van der Waals surface area contributed by atoms with Crippen LogP contribution in [0.4, 0.5) is 17.2 Å². The smallest absolute Gasteiger partial charge is 0.262 e. The average Bonchev–Trinajstić information content (AvgIpc) is 2.64. The van der Waals surface area contributed by atoms with Crippen molar-refractivity contribution in [2.75, 3.05) is 10.0 Å². The first-order valence-electron chi connectivity index (χ1n) is 8.28. The van der Waals surface area contributed by atoms with E-state index in [9.17, 15) is 13.2 Å². The Morgan fingerprint density at radius 3 is 2.19 bits per heavy atom. The molecule has 0 fully saturated rings. The van der Waals surface area contributed by atoms with E-state index in [1.807, 2.05) is 0 Å². The van der Waals surface area contributed by atoms with Gasteiger partial charge in [0.2, 0.25) is 0 Å². The molecule has 1 heterocycles. The number of carbonyl (C=O) groups is 1. The molecule has 0 saturated carbocycles. The molecule has 1 aromatic heterocycles. The number of anilines is 3. The van der Waals surface area contributed by atoms with Crippen LogP contribution in [0.15, 0.2) is 71.8 Å². The van der Waals surface area contributed by atoms with Gasteiger partial charge in [-0.1, -0.05) is 18.2 Å². The van der Waals surface area contributed by atoms with Crippen molar-refractivity contribution in [2.45, 2.75) is 18.7 Å². The minimum atomic E-state index is -3.67. The molecular formula is C20H19N3O3S. The van der Waals surface area contributed by atoms with Crippen molar-refractivity contribution < 1.29 is 13.2 Å². The third-order valence-corrected chi connectivity index (χ3v) is 5.50. The van der Waals surface area contributed by atoms with Gasteiger partial charge in [-0.15, -0.1) is 0 Å². The number of nitrogens with zero attached hydrogens (tertiary/aromatic N) is 1. The zero-order valence-corrected chi connectivity index (χ0v) is 15.7. The highest BCUT2D eigenvalue weighted by molar-refractivity contribution is 7.92. The van der Waals surface area contributed by atoms with Gasteiger partial charge in [-0.3, -0.25) is 9.52 Å². The Hall–Kier alpha value is -3.19. The molecule has 7 heteroatoms. The third-order valence-electron chi connectivity index (χ3n) is 3.96. The van der Waals surface area contributed by atoms with Gasteiger partial charge in [0.05, 0.1) is 16.8 Å². The van der Waals surface area contributed by atoms with Crippen LogP contribution in [0.5, 0.6) is 0 Å². The van der Waals surface area contributed by atoms with Gasteiger partial charge < -0.3 is 5.32 Å². The topological polar surface area (TPSA) is 88.2 Å². The first kappa shape index (κ1) is 18.6. The second kappa shape index (κ2) is 7.59. The lowest BCUT2D eigenvalue weighted by atomic mass is 10.1. The molecule has 138 valence electrons. The molecule has 3 aromatic rings. The fourth-order valence-corrected chi connectivity index (χ4v) is 3.82. The highest BCUT2D eigenvalue weighted by Crippen LogP contribution is 2.21. The van der Waals surface area contributed by atoms with Crippen molar-refractivity contribution in [1.82, 2.24) is 4.98 Å². The van der Waals surface area contributed by atoms with Gasteiger partial charge >= 0.3 is 0 Å². The van der Waals surface area contributed by atoms with E-state index in [1.165, 1.54) is 13.1 Å². The van der Waals surface area contributed by atoms with Crippen LogP contribution in [-0.2, 0) is 10.0 Å². The fraction of sp³-hybridized carbons (Fsp3) is 0.100. The Morgan fingerprint density at radius 1 is 0.926 bits per heavy atom. The van der Waals surface area contributed by atoms with Crippen molar-refractivity contribution in [1.29, 1.82) is 0 Å². The number of aryl methyl sites for hydroxylation is 1. The minimum Gasteiger partial charge on any atom is -0.340 e. The van der Waals surface area contributed by atoms with E-state index >= 15 is 0 Å². The standard InChI is InChI=1S/C20H19N3O3S/c1-14-5-3-4-6-19(14)27(25,26)23-18-11-12-20(21-13-18)22-17-9-7-16(8-10-17)15(2)24/h3-13,23H,1-2H3,(H,21,22). The molecule has 0 unspecified atom stereocenters. The molecule has 2 aromatic carbocycles. The van der Waals surface area contributed by atoms with Gasteiger partial charge in [-0.2, -0.15) is 0 Å².